The lowest BCUT2D eigenvalue weighted by Gasteiger charge is -2.08. The van der Waals surface area contributed by atoms with Gasteiger partial charge in [0.1, 0.15) is 6.61 Å². The van der Waals surface area contributed by atoms with E-state index in [1.54, 1.807) is 16.9 Å². The molecule has 106 valence electrons. The standard InChI is InChI=1S/C15H18FN3O/c1-19-9-12(8-18-19)10-20-15-5-2-11(6-14(15)16)7-17-13-3-4-13/h2,5-6,8-9,13,17H,3-4,7,10H2,1H3. The second kappa shape index (κ2) is 5.63. The molecule has 4 nitrogen and oxygen atoms in total. The zero-order valence-corrected chi connectivity index (χ0v) is 11.5. The monoisotopic (exact) mass is 275 g/mol. The number of benzene rings is 1. The van der Waals surface area contributed by atoms with Crippen LogP contribution in [0.4, 0.5) is 4.39 Å². The summed E-state index contributed by atoms with van der Waals surface area (Å²) in [5.74, 6) is -0.0342. The quantitative estimate of drug-likeness (QED) is 0.880. The maximum absolute atomic E-state index is 13.9. The maximum atomic E-state index is 13.9. The molecule has 1 N–H and O–H groups in total. The number of aromatic nitrogens is 2. The number of halogens is 1. The molecule has 0 amide bonds. The van der Waals surface area contributed by atoms with Gasteiger partial charge < -0.3 is 10.1 Å². The van der Waals surface area contributed by atoms with Crippen LogP contribution < -0.4 is 10.1 Å². The van der Waals surface area contributed by atoms with E-state index in [4.69, 9.17) is 4.74 Å². The van der Waals surface area contributed by atoms with E-state index in [2.05, 4.69) is 10.4 Å². The normalized spacial score (nSPS) is 14.5. The van der Waals surface area contributed by atoms with Crippen LogP contribution >= 0.6 is 0 Å². The van der Waals surface area contributed by atoms with Crippen LogP contribution in [0.1, 0.15) is 24.0 Å². The minimum absolute atomic E-state index is 0.282. The molecule has 1 aliphatic rings. The van der Waals surface area contributed by atoms with Crippen LogP contribution in [0.2, 0.25) is 0 Å². The van der Waals surface area contributed by atoms with Crippen molar-refractivity contribution in [2.45, 2.75) is 32.0 Å². The summed E-state index contributed by atoms with van der Waals surface area (Å²) in [6, 6.07) is 5.75. The Morgan fingerprint density at radius 1 is 1.40 bits per heavy atom. The van der Waals surface area contributed by atoms with E-state index in [9.17, 15) is 4.39 Å². The van der Waals surface area contributed by atoms with Crippen LogP contribution in [0.3, 0.4) is 0 Å². The van der Waals surface area contributed by atoms with Gasteiger partial charge in [0.15, 0.2) is 11.6 Å². The van der Waals surface area contributed by atoms with Crippen molar-refractivity contribution < 1.29 is 9.13 Å². The fourth-order valence-electron chi connectivity index (χ4n) is 2.03. The first-order valence-corrected chi connectivity index (χ1v) is 6.83. The summed E-state index contributed by atoms with van der Waals surface area (Å²) in [7, 11) is 1.84. The van der Waals surface area contributed by atoms with Gasteiger partial charge in [-0.2, -0.15) is 5.10 Å². The Morgan fingerprint density at radius 3 is 2.90 bits per heavy atom. The summed E-state index contributed by atoms with van der Waals surface area (Å²) in [5.41, 5.74) is 1.87. The molecule has 1 heterocycles. The Balaban J connectivity index is 1.58. The molecular formula is C15H18FN3O. The molecule has 0 aliphatic heterocycles. The number of nitrogens with zero attached hydrogens (tertiary/aromatic N) is 2. The smallest absolute Gasteiger partial charge is 0.165 e. The highest BCUT2D eigenvalue weighted by Gasteiger charge is 2.20. The zero-order valence-electron chi connectivity index (χ0n) is 11.5. The molecule has 0 unspecified atom stereocenters. The van der Waals surface area contributed by atoms with Gasteiger partial charge in [-0.1, -0.05) is 6.07 Å². The molecule has 1 saturated carbocycles. The van der Waals surface area contributed by atoms with Crippen LogP contribution in [0.25, 0.3) is 0 Å². The maximum Gasteiger partial charge on any atom is 0.165 e. The summed E-state index contributed by atoms with van der Waals surface area (Å²) in [6.45, 7) is 1.04. The Bertz CT molecular complexity index is 593. The molecule has 3 rings (SSSR count). The predicted molar refractivity (Wildman–Crippen MR) is 73.8 cm³/mol. The van der Waals surface area contributed by atoms with E-state index in [-0.39, 0.29) is 11.6 Å². The molecule has 1 aliphatic carbocycles. The van der Waals surface area contributed by atoms with Crippen LogP contribution in [0.15, 0.2) is 30.6 Å². The van der Waals surface area contributed by atoms with Crippen LogP contribution in [0.5, 0.6) is 5.75 Å². The molecule has 1 aromatic carbocycles. The largest absolute Gasteiger partial charge is 0.486 e. The van der Waals surface area contributed by atoms with E-state index in [1.807, 2.05) is 19.3 Å². The third-order valence-electron chi connectivity index (χ3n) is 3.32. The molecular weight excluding hydrogens is 257 g/mol. The van der Waals surface area contributed by atoms with Crippen molar-refractivity contribution in [2.24, 2.45) is 7.05 Å². The SMILES string of the molecule is Cn1cc(COc2ccc(CNC3CC3)cc2F)cn1. The van der Waals surface area contributed by atoms with Gasteiger partial charge in [0.2, 0.25) is 0 Å². The molecule has 0 saturated heterocycles. The number of rotatable bonds is 6. The third-order valence-corrected chi connectivity index (χ3v) is 3.32. The summed E-state index contributed by atoms with van der Waals surface area (Å²) < 4.78 is 21.1. The van der Waals surface area contributed by atoms with Gasteiger partial charge >= 0.3 is 0 Å². The number of aryl methyl sites for hydroxylation is 1. The Morgan fingerprint density at radius 2 is 2.25 bits per heavy atom. The first kappa shape index (κ1) is 13.1. The van der Waals surface area contributed by atoms with Gasteiger partial charge in [0.25, 0.3) is 0 Å². The predicted octanol–water partition coefficient (Wildman–Crippen LogP) is 2.39. The summed E-state index contributed by atoms with van der Waals surface area (Å²) in [4.78, 5) is 0. The third kappa shape index (κ3) is 3.36. The van der Waals surface area contributed by atoms with Gasteiger partial charge in [-0.3, -0.25) is 4.68 Å². The van der Waals surface area contributed by atoms with Crippen LogP contribution in [-0.2, 0) is 20.2 Å². The number of hydrogen-bond acceptors (Lipinski definition) is 3. The summed E-state index contributed by atoms with van der Waals surface area (Å²) in [6.07, 6.45) is 6.03. The Labute approximate surface area is 117 Å². The number of nitrogens with one attached hydrogen (secondary N) is 1. The lowest BCUT2D eigenvalue weighted by Crippen LogP contribution is -2.15. The van der Waals surface area contributed by atoms with Crippen molar-refractivity contribution in [1.29, 1.82) is 0 Å². The molecule has 0 bridgehead atoms. The first-order valence-electron chi connectivity index (χ1n) is 6.83. The highest BCUT2D eigenvalue weighted by Crippen LogP contribution is 2.22. The van der Waals surface area contributed by atoms with Crippen molar-refractivity contribution in [2.75, 3.05) is 0 Å². The summed E-state index contributed by atoms with van der Waals surface area (Å²) in [5, 5.41) is 7.41. The average molecular weight is 275 g/mol. The number of ether oxygens (including phenoxy) is 1. The van der Waals surface area contributed by atoms with Crippen molar-refractivity contribution in [3.05, 3.63) is 47.5 Å². The van der Waals surface area contributed by atoms with E-state index >= 15 is 0 Å². The van der Waals surface area contributed by atoms with Crippen LogP contribution in [-0.4, -0.2) is 15.8 Å². The van der Waals surface area contributed by atoms with Crippen LogP contribution in [0, 0.1) is 5.82 Å². The lowest BCUT2D eigenvalue weighted by atomic mass is 10.2. The minimum Gasteiger partial charge on any atom is -0.486 e. The van der Waals surface area contributed by atoms with Crippen molar-refractivity contribution >= 4 is 0 Å². The Kier molecular flexibility index (Phi) is 3.69. The minimum atomic E-state index is -0.316. The fourth-order valence-corrected chi connectivity index (χ4v) is 2.03. The van der Waals surface area contributed by atoms with E-state index in [0.29, 0.717) is 19.2 Å². The first-order chi connectivity index (χ1) is 9.70. The van der Waals surface area contributed by atoms with Crippen molar-refractivity contribution in [3.8, 4) is 5.75 Å². The summed E-state index contributed by atoms with van der Waals surface area (Å²) >= 11 is 0. The highest BCUT2D eigenvalue weighted by atomic mass is 19.1. The molecule has 0 radical (unpaired) electrons. The molecule has 1 fully saturated rings. The second-order valence-electron chi connectivity index (χ2n) is 5.23. The molecule has 0 spiro atoms. The van der Waals surface area contributed by atoms with Gasteiger partial charge in [-0.15, -0.1) is 0 Å². The molecule has 1 aromatic heterocycles. The molecule has 0 atom stereocenters. The van der Waals surface area contributed by atoms with Crippen molar-refractivity contribution in [1.82, 2.24) is 15.1 Å². The van der Waals surface area contributed by atoms with Gasteiger partial charge in [0, 0.05) is 31.4 Å². The zero-order chi connectivity index (χ0) is 13.9. The fraction of sp³-hybridized carbons (Fsp3) is 0.400. The lowest BCUT2D eigenvalue weighted by molar-refractivity contribution is 0.290. The van der Waals surface area contributed by atoms with Gasteiger partial charge in [0.05, 0.1) is 6.20 Å². The topological polar surface area (TPSA) is 39.1 Å². The molecule has 5 heteroatoms. The number of hydrogen-bond donors (Lipinski definition) is 1. The molecule has 2 aromatic rings. The average Bonchev–Trinajstić information content (AvgIpc) is 3.17. The highest BCUT2D eigenvalue weighted by molar-refractivity contribution is 5.29. The van der Waals surface area contributed by atoms with Gasteiger partial charge in [-0.25, -0.2) is 4.39 Å². The van der Waals surface area contributed by atoms with E-state index in [0.717, 1.165) is 11.1 Å². The van der Waals surface area contributed by atoms with E-state index in [1.165, 1.54) is 18.9 Å². The van der Waals surface area contributed by atoms with Crippen molar-refractivity contribution in [3.63, 3.8) is 0 Å². The Hall–Kier alpha value is -1.88. The van der Waals surface area contributed by atoms with Gasteiger partial charge in [-0.05, 0) is 30.5 Å². The van der Waals surface area contributed by atoms with E-state index < -0.39 is 0 Å². The molecule has 20 heavy (non-hydrogen) atoms. The second-order valence-corrected chi connectivity index (χ2v) is 5.23.